The first kappa shape index (κ1) is 154. The number of ether oxygens (including phenoxy) is 6. The molecule has 6 rings (SSSR count). The van der Waals surface area contributed by atoms with Crippen molar-refractivity contribution in [1.29, 1.82) is 0 Å². The maximum absolute atomic E-state index is 14.4. The number of hydrogen-bond donors (Lipinski definition) is 22. The summed E-state index contributed by atoms with van der Waals surface area (Å²) in [6.45, 7) is -11.7. The molecule has 3 aromatic rings. The van der Waals surface area contributed by atoms with E-state index < -0.39 is 360 Å². The molecule has 0 saturated carbocycles. The van der Waals surface area contributed by atoms with E-state index in [9.17, 15) is 214 Å². The average Bonchev–Trinajstić information content (AvgIpc) is 0.786. The minimum atomic E-state index is -5.95. The Morgan fingerprint density at radius 1 is 0.338 bits per heavy atom. The molecular weight excluding hydrogens is 2280 g/mol. The third kappa shape index (κ3) is 55.6. The maximum Gasteiger partial charge on any atom is 1.00 e. The summed E-state index contributed by atoms with van der Waals surface area (Å²) in [5.41, 5.74) is -5.06. The number of nitrogens with one attached hydrogen (secondary N) is 3. The first-order valence-electron chi connectivity index (χ1n) is 37.0. The van der Waals surface area contributed by atoms with E-state index in [1.54, 1.807) is 0 Å². The molecule has 0 spiro atoms. The zero-order chi connectivity index (χ0) is 103. The number of anilines is 3. The first-order valence-corrected chi connectivity index (χ1v) is 49.1. The molecule has 3 heterocycles. The monoisotopic (exact) mass is 2360 g/mol. The van der Waals surface area contributed by atoms with Gasteiger partial charge in [-0.05, 0) is 72.3 Å². The van der Waals surface area contributed by atoms with Gasteiger partial charge in [-0.25, -0.2) is 63.1 Å². The van der Waals surface area contributed by atoms with E-state index in [0.29, 0.717) is 0 Å². The van der Waals surface area contributed by atoms with Crippen molar-refractivity contribution in [2.24, 2.45) is 15.0 Å². The van der Waals surface area contributed by atoms with Crippen molar-refractivity contribution in [2.75, 3.05) is 75.2 Å². The third-order valence-corrected chi connectivity index (χ3v) is 22.2. The van der Waals surface area contributed by atoms with E-state index in [-0.39, 0.29) is 294 Å². The van der Waals surface area contributed by atoms with Crippen LogP contribution < -0.4 is 297 Å². The molecule has 782 valence electrons. The third-order valence-electron chi connectivity index (χ3n) is 18.2. The van der Waals surface area contributed by atoms with Gasteiger partial charge in [0, 0.05) is 49.5 Å². The summed E-state index contributed by atoms with van der Waals surface area (Å²) in [7, 11) is -52.3. The predicted octanol–water partition coefficient (Wildman–Crippen LogP) is -44.8. The molecule has 0 radical (unpaired) electrons. The van der Waals surface area contributed by atoms with Gasteiger partial charge in [0.2, 0.25) is 62.4 Å². The molecule has 67 nitrogen and oxygen atoms in total. The minimum Gasteiger partial charge on any atom is -0.862 e. The summed E-state index contributed by atoms with van der Waals surface area (Å²) in [6, 6.07) is 13.3. The van der Waals surface area contributed by atoms with E-state index >= 15 is 0 Å². The normalized spacial score (nSPS) is 25.1. The van der Waals surface area contributed by atoms with Crippen LogP contribution in [0.4, 0.5) is 34.1 Å². The van der Waals surface area contributed by atoms with Gasteiger partial charge in [-0.1, -0.05) is 18.2 Å². The van der Waals surface area contributed by atoms with Gasteiger partial charge in [-0.2, -0.15) is 25.3 Å². The van der Waals surface area contributed by atoms with Crippen molar-refractivity contribution in [2.45, 2.75) is 184 Å². The fraction of sp³-hybridized carbons (Fsp3) is 0.650. The Morgan fingerprint density at radius 3 is 0.772 bits per heavy atom. The van der Waals surface area contributed by atoms with Gasteiger partial charge < -0.3 is 169 Å². The van der Waals surface area contributed by atoms with E-state index in [0.717, 1.165) is 42.5 Å². The molecule has 3 aromatic carbocycles. The fourth-order valence-corrected chi connectivity index (χ4v) is 16.0. The molecule has 22 N–H and O–H groups in total. The van der Waals surface area contributed by atoms with Crippen LogP contribution in [0.1, 0.15) is 12.8 Å². The Bertz CT molecular complexity index is 5440. The number of aliphatic hydroxyl groups excluding tert-OH is 15. The largest absolute Gasteiger partial charge is 1.00 e. The van der Waals surface area contributed by atoms with Gasteiger partial charge in [0.15, 0.2) is 37.2 Å². The van der Waals surface area contributed by atoms with Crippen molar-refractivity contribution < 1.29 is 546 Å². The van der Waals surface area contributed by atoms with Crippen molar-refractivity contribution in [1.82, 2.24) is 0 Å². The number of rotatable bonds is 56. The van der Waals surface area contributed by atoms with Crippen molar-refractivity contribution in [3.8, 4) is 0 Å². The average molecular weight is 2360 g/mol. The second-order valence-corrected chi connectivity index (χ2v) is 37.8. The van der Waals surface area contributed by atoms with E-state index in [2.05, 4.69) is 68.6 Å². The molecule has 3 fully saturated rings. The smallest absolute Gasteiger partial charge is 0.862 e. The Labute approximate surface area is 1020 Å². The summed E-state index contributed by atoms with van der Waals surface area (Å²) in [6.07, 6.45) is -71.8. The molecule has 0 amide bonds. The molecule has 27 atom stereocenters. The van der Waals surface area contributed by atoms with Gasteiger partial charge in [-0.15, -0.1) is 0 Å². The minimum absolute atomic E-state index is 0. The Kier molecular flexibility index (Phi) is 71.4. The predicted molar refractivity (Wildman–Crippen MR) is 414 cm³/mol. The van der Waals surface area contributed by atoms with E-state index in [1.807, 2.05) is 0 Å². The van der Waals surface area contributed by atoms with Crippen molar-refractivity contribution >= 4 is 145 Å². The zero-order valence-corrected chi connectivity index (χ0v) is 102. The van der Waals surface area contributed by atoms with Crippen LogP contribution in [0.25, 0.3) is 0 Å². The molecule has 0 aliphatic carbocycles. The molecular formula is C60H83N6Na9O61S9. The first-order chi connectivity index (χ1) is 62.3. The van der Waals surface area contributed by atoms with Crippen LogP contribution in [0.2, 0.25) is 0 Å². The topological polar surface area (TPSA) is 1110 Å². The number of aliphatic imine (C=N–C) groups is 3. The van der Waals surface area contributed by atoms with Crippen LogP contribution >= 0.6 is 0 Å². The van der Waals surface area contributed by atoms with Gasteiger partial charge in [0.25, 0.3) is 0 Å². The van der Waals surface area contributed by atoms with Crippen LogP contribution in [-0.4, -0.2) is 446 Å². The molecule has 3 aliphatic heterocycles. The molecule has 0 bridgehead atoms. The molecule has 0 aromatic heterocycles. The Morgan fingerprint density at radius 2 is 0.559 bits per heavy atom. The summed E-state index contributed by atoms with van der Waals surface area (Å²) >= 11 is 0. The van der Waals surface area contributed by atoms with Gasteiger partial charge in [-0.3, -0.25) is 53.7 Å². The molecule has 3 saturated heterocycles. The summed E-state index contributed by atoms with van der Waals surface area (Å²) in [5.74, 6) is -4.69. The van der Waals surface area contributed by atoms with E-state index in [4.69, 9.17) is 28.4 Å². The number of hydrogen-bond acceptors (Lipinski definition) is 64. The van der Waals surface area contributed by atoms with Crippen molar-refractivity contribution in [3.05, 3.63) is 72.8 Å². The molecule has 0 unspecified atom stereocenters. The van der Waals surface area contributed by atoms with Crippen LogP contribution in [0.5, 0.6) is 0 Å². The SMILES string of the molecule is O=S(=O)([O-])OC[C@@H]1O[C@@H](OC[C@@H](O)[C@@H](O)[C@H](O)[C@@H](O)CNc2cccc(N=C([O-])CC(O)(CC([O-])=Nc3cccc(NC[C@H](O)[C@@H](O)[C@H](O)[C@H](O)CO[C@@H]4O[C@@H](COS(=O)(=O)[O-])[C@@H](OS(=O)(=O)[O-])[C@H](O)[C@H]4OS(=O)(=O)O)c3)C([O-])=Nc3cccc(NC[C@H](O)[C@@H](O)[C@H](O)[C@H](O)CO[C@@H]4O[C@@H](COS(=O)(=O)[O-])[C@@H](OS(=O)(=O)[O-])[C@H](O)[C@H]4OS(=O)(=O)O)c3)c2)[C@H](OS(=O)(=O)O)[C@@H](O)[C@@H]1OS(=O)(=O)[O-].[Na+].[Na+].[Na+].[Na+].[Na+].[Na+].[Na+].[Na+].[Na+]. The number of nitrogens with zero attached hydrogens (tertiary/aromatic N) is 3. The zero-order valence-electron chi connectivity index (χ0n) is 76.5. The van der Waals surface area contributed by atoms with Gasteiger partial charge >= 0.3 is 297 Å². The second kappa shape index (κ2) is 67.3. The van der Waals surface area contributed by atoms with Crippen molar-refractivity contribution in [3.63, 3.8) is 0 Å². The second-order valence-electron chi connectivity index (χ2n) is 28.5. The molecule has 85 heteroatoms. The van der Waals surface area contributed by atoms with E-state index in [1.165, 1.54) is 30.3 Å². The van der Waals surface area contributed by atoms with Crippen LogP contribution in [-0.2, 0) is 160 Å². The summed E-state index contributed by atoms with van der Waals surface area (Å²) in [4.78, 5) is 11.4. The summed E-state index contributed by atoms with van der Waals surface area (Å²) < 4.78 is 369. The standard InChI is InChI=1S/C60H92N6O61S9.9Na/c67-30(41(75)44(78)33(70)18-113-56-53(125-134(104,105)106)47(81)50(122-131(95,96)97)36(119-56)21-116-128(86,87)88)15-61-24-4-1-7-27(10-24)64-39(73)13-60(85,59(84)66-29-9-3-6-26(12-29)63-17-32(69)43(77)46(80)35(72)20-115-58-55(127-136(110,111)112)49(83)52(124-133(101,102)103)38(121-58)23-118-130(92,93)94)14-40(74)65-28-8-2-5-25(11-28)62-16-31(68)42(76)45(79)34(71)19-114-57-54(126-135(107,108)109)48(82)51(123-132(98,99)100)37(120-57)22-117-129(89,90)91;;;;;;;;;/h1-12,30-38,41-58,61-63,67-72,75-83,85H,13-23H2,(H,64,73)(H,65,74)(H,66,84)(H,86,87,88)(H,89,90,91)(H,92,93,94)(H,95,96,97)(H,98,99,100)(H,101,102,103)(H,104,105,106)(H,107,108,109)(H,110,111,112);;;;;;;;;/q;9*+1/p-9/t30-,31-,32-,33+,34+,35+,36-,37-,38-,41+,42+,43+,44+,45+,46+,47-,48-,49-,50+,51+,52+,53+,54+,55+,56+,57+,58+;;;;;;;;;/m0........./s1. The van der Waals surface area contributed by atoms with Crippen LogP contribution in [0, 0.1) is 0 Å². The van der Waals surface area contributed by atoms with Gasteiger partial charge in [0.05, 0.1) is 75.0 Å². The molecule has 145 heavy (non-hydrogen) atoms. The quantitative estimate of drug-likeness (QED) is 0.00820. The van der Waals surface area contributed by atoms with Crippen LogP contribution in [0.3, 0.4) is 0 Å². The molecule has 3 aliphatic rings. The Balaban J connectivity index is -0.0000110. The Hall–Kier alpha value is 2.42. The number of benzene rings is 3. The maximum atomic E-state index is 14.4. The summed E-state index contributed by atoms with van der Waals surface area (Å²) in [5, 5.41) is 225. The fourth-order valence-electron chi connectivity index (χ4n) is 12.1. The van der Waals surface area contributed by atoms with Crippen LogP contribution in [0.15, 0.2) is 87.8 Å². The van der Waals surface area contributed by atoms with Gasteiger partial charge in [0.1, 0.15) is 115 Å². The number of aliphatic hydroxyl groups is 16.